The van der Waals surface area contributed by atoms with Gasteiger partial charge in [0.2, 0.25) is 5.91 Å². The number of hydrogen-bond acceptors (Lipinski definition) is 2. The summed E-state index contributed by atoms with van der Waals surface area (Å²) in [5.74, 6) is 0.203. The highest BCUT2D eigenvalue weighted by Gasteiger charge is 2.37. The van der Waals surface area contributed by atoms with Crippen LogP contribution in [0.4, 0.5) is 0 Å². The van der Waals surface area contributed by atoms with Crippen LogP contribution in [-0.4, -0.2) is 29.2 Å². The van der Waals surface area contributed by atoms with E-state index in [1.165, 1.54) is 0 Å². The average molecular weight is 219 g/mol. The molecule has 1 saturated heterocycles. The fraction of sp³-hybridized carbons (Fsp3) is 0.538. The summed E-state index contributed by atoms with van der Waals surface area (Å²) in [6.07, 6.45) is 8.36. The third-order valence-corrected chi connectivity index (χ3v) is 3.40. The molecule has 2 aliphatic rings. The standard InChI is InChI=1S/C13H17NO2/c1-10(2)14-8-7-13(9-12(14)16)5-3-11(15)4-6-13/h3-6,10H,7-9H2,1-2H3. The molecule has 3 heteroatoms. The molecule has 0 saturated carbocycles. The predicted octanol–water partition coefficient (Wildman–Crippen LogP) is 1.70. The van der Waals surface area contributed by atoms with E-state index >= 15 is 0 Å². The van der Waals surface area contributed by atoms with E-state index in [-0.39, 0.29) is 23.1 Å². The molecule has 1 aliphatic carbocycles. The molecule has 16 heavy (non-hydrogen) atoms. The number of carbonyl (C=O) groups excluding carboxylic acids is 2. The van der Waals surface area contributed by atoms with Crippen molar-refractivity contribution in [1.82, 2.24) is 4.90 Å². The van der Waals surface area contributed by atoms with Gasteiger partial charge in [0.05, 0.1) is 0 Å². The number of carbonyl (C=O) groups is 2. The van der Waals surface area contributed by atoms with Crippen molar-refractivity contribution in [2.75, 3.05) is 6.54 Å². The Morgan fingerprint density at radius 2 is 1.88 bits per heavy atom. The lowest BCUT2D eigenvalue weighted by Crippen LogP contribution is -2.46. The van der Waals surface area contributed by atoms with E-state index in [4.69, 9.17) is 0 Å². The maximum atomic E-state index is 12.0. The van der Waals surface area contributed by atoms with E-state index in [9.17, 15) is 9.59 Å². The Bertz CT molecular complexity index is 363. The molecule has 0 N–H and O–H groups in total. The quantitative estimate of drug-likeness (QED) is 0.673. The molecule has 0 atom stereocenters. The van der Waals surface area contributed by atoms with Crippen molar-refractivity contribution in [3.63, 3.8) is 0 Å². The Morgan fingerprint density at radius 3 is 2.38 bits per heavy atom. The SMILES string of the molecule is CC(C)N1CCC2(C=CC(=O)C=C2)CC1=O. The van der Waals surface area contributed by atoms with E-state index in [0.717, 1.165) is 13.0 Å². The van der Waals surface area contributed by atoms with Gasteiger partial charge in [0.25, 0.3) is 0 Å². The maximum Gasteiger partial charge on any atom is 0.223 e. The Hall–Kier alpha value is -1.38. The first-order valence-corrected chi connectivity index (χ1v) is 5.74. The number of piperidine rings is 1. The number of rotatable bonds is 1. The Labute approximate surface area is 95.8 Å². The van der Waals surface area contributed by atoms with E-state index in [0.29, 0.717) is 6.42 Å². The molecule has 1 aliphatic heterocycles. The molecular formula is C13H17NO2. The lowest BCUT2D eigenvalue weighted by Gasteiger charge is -2.40. The highest BCUT2D eigenvalue weighted by atomic mass is 16.2. The molecule has 0 bridgehead atoms. The fourth-order valence-electron chi connectivity index (χ4n) is 2.36. The molecule has 2 rings (SSSR count). The zero-order valence-corrected chi connectivity index (χ0v) is 9.77. The van der Waals surface area contributed by atoms with Crippen LogP contribution in [0.3, 0.4) is 0 Å². The smallest absolute Gasteiger partial charge is 0.223 e. The van der Waals surface area contributed by atoms with Crippen molar-refractivity contribution in [3.8, 4) is 0 Å². The molecule has 1 fully saturated rings. The van der Waals surface area contributed by atoms with Gasteiger partial charge in [-0.1, -0.05) is 12.2 Å². The Balaban J connectivity index is 2.13. The van der Waals surface area contributed by atoms with Crippen LogP contribution < -0.4 is 0 Å². The van der Waals surface area contributed by atoms with Crippen molar-refractivity contribution in [2.24, 2.45) is 5.41 Å². The minimum absolute atomic E-state index is 0.0179. The monoisotopic (exact) mass is 219 g/mol. The van der Waals surface area contributed by atoms with Crippen molar-refractivity contribution in [3.05, 3.63) is 24.3 Å². The Kier molecular flexibility index (Phi) is 2.70. The van der Waals surface area contributed by atoms with Gasteiger partial charge in [-0.25, -0.2) is 0 Å². The summed E-state index contributed by atoms with van der Waals surface area (Å²) >= 11 is 0. The zero-order chi connectivity index (χ0) is 11.8. The minimum Gasteiger partial charge on any atom is -0.340 e. The number of nitrogens with zero attached hydrogens (tertiary/aromatic N) is 1. The van der Waals surface area contributed by atoms with Crippen molar-refractivity contribution in [2.45, 2.75) is 32.7 Å². The van der Waals surface area contributed by atoms with Crippen molar-refractivity contribution in [1.29, 1.82) is 0 Å². The van der Waals surface area contributed by atoms with E-state index in [2.05, 4.69) is 0 Å². The van der Waals surface area contributed by atoms with Gasteiger partial charge < -0.3 is 4.90 Å². The van der Waals surface area contributed by atoms with Gasteiger partial charge in [0, 0.05) is 24.4 Å². The van der Waals surface area contributed by atoms with Gasteiger partial charge in [0.1, 0.15) is 0 Å². The van der Waals surface area contributed by atoms with Gasteiger partial charge in [-0.05, 0) is 32.4 Å². The van der Waals surface area contributed by atoms with Crippen LogP contribution in [0.15, 0.2) is 24.3 Å². The average Bonchev–Trinajstić information content (AvgIpc) is 2.22. The van der Waals surface area contributed by atoms with Crippen LogP contribution in [0.25, 0.3) is 0 Å². The summed E-state index contributed by atoms with van der Waals surface area (Å²) in [4.78, 5) is 24.9. The summed E-state index contributed by atoms with van der Waals surface area (Å²) in [6.45, 7) is 4.84. The number of likely N-dealkylation sites (tertiary alicyclic amines) is 1. The summed E-state index contributed by atoms with van der Waals surface area (Å²) in [5.41, 5.74) is -0.198. The number of hydrogen-bond donors (Lipinski definition) is 0. The summed E-state index contributed by atoms with van der Waals surface area (Å²) in [6, 6.07) is 0.267. The first-order valence-electron chi connectivity index (χ1n) is 5.74. The summed E-state index contributed by atoms with van der Waals surface area (Å²) in [7, 11) is 0. The lowest BCUT2D eigenvalue weighted by molar-refractivity contribution is -0.137. The number of ketones is 1. The summed E-state index contributed by atoms with van der Waals surface area (Å²) in [5, 5.41) is 0. The van der Waals surface area contributed by atoms with E-state index in [1.54, 1.807) is 12.2 Å². The number of amides is 1. The molecule has 1 amide bonds. The van der Waals surface area contributed by atoms with Crippen LogP contribution in [0.1, 0.15) is 26.7 Å². The number of allylic oxidation sites excluding steroid dienone is 4. The van der Waals surface area contributed by atoms with Gasteiger partial charge in [0.15, 0.2) is 5.78 Å². The second kappa shape index (κ2) is 3.89. The van der Waals surface area contributed by atoms with Crippen LogP contribution in [0, 0.1) is 5.41 Å². The zero-order valence-electron chi connectivity index (χ0n) is 9.77. The van der Waals surface area contributed by atoms with Gasteiger partial charge >= 0.3 is 0 Å². The van der Waals surface area contributed by atoms with Gasteiger partial charge in [-0.3, -0.25) is 9.59 Å². The van der Waals surface area contributed by atoms with Crippen LogP contribution in [0.2, 0.25) is 0 Å². The lowest BCUT2D eigenvalue weighted by atomic mass is 9.75. The van der Waals surface area contributed by atoms with E-state index < -0.39 is 0 Å². The molecule has 0 unspecified atom stereocenters. The van der Waals surface area contributed by atoms with Crippen LogP contribution >= 0.6 is 0 Å². The molecule has 0 radical (unpaired) electrons. The highest BCUT2D eigenvalue weighted by molar-refractivity contribution is 6.00. The normalized spacial score (nSPS) is 23.6. The maximum absolute atomic E-state index is 12.0. The molecule has 86 valence electrons. The topological polar surface area (TPSA) is 37.4 Å². The third-order valence-electron chi connectivity index (χ3n) is 3.40. The second-order valence-corrected chi connectivity index (χ2v) is 4.91. The molecule has 1 spiro atoms. The summed E-state index contributed by atoms with van der Waals surface area (Å²) < 4.78 is 0. The molecule has 1 heterocycles. The minimum atomic E-state index is -0.198. The fourth-order valence-corrected chi connectivity index (χ4v) is 2.36. The largest absolute Gasteiger partial charge is 0.340 e. The molecule has 0 aromatic rings. The molecular weight excluding hydrogens is 202 g/mol. The van der Waals surface area contributed by atoms with Gasteiger partial charge in [-0.2, -0.15) is 0 Å². The van der Waals surface area contributed by atoms with Gasteiger partial charge in [-0.15, -0.1) is 0 Å². The highest BCUT2D eigenvalue weighted by Crippen LogP contribution is 2.37. The third kappa shape index (κ3) is 1.94. The molecule has 3 nitrogen and oxygen atoms in total. The first kappa shape index (κ1) is 11.1. The van der Waals surface area contributed by atoms with Crippen LogP contribution in [0.5, 0.6) is 0 Å². The van der Waals surface area contributed by atoms with Crippen molar-refractivity contribution < 1.29 is 9.59 Å². The Morgan fingerprint density at radius 1 is 1.25 bits per heavy atom. The van der Waals surface area contributed by atoms with Crippen LogP contribution in [-0.2, 0) is 9.59 Å². The molecule has 0 aromatic carbocycles. The molecule has 0 aromatic heterocycles. The second-order valence-electron chi connectivity index (χ2n) is 4.91. The predicted molar refractivity (Wildman–Crippen MR) is 61.8 cm³/mol. The van der Waals surface area contributed by atoms with Crippen molar-refractivity contribution >= 4 is 11.7 Å². The first-order chi connectivity index (χ1) is 7.52. The van der Waals surface area contributed by atoms with E-state index in [1.807, 2.05) is 30.9 Å².